The number of rotatable bonds is 4. The van der Waals surface area contributed by atoms with Gasteiger partial charge < -0.3 is 10.6 Å². The smallest absolute Gasteiger partial charge is 0.252 e. The van der Waals surface area contributed by atoms with Crippen LogP contribution in [0.25, 0.3) is 0 Å². The molecule has 0 aliphatic carbocycles. The van der Waals surface area contributed by atoms with Gasteiger partial charge in [-0.3, -0.25) is 9.59 Å². The van der Waals surface area contributed by atoms with Crippen LogP contribution in [0.3, 0.4) is 0 Å². The van der Waals surface area contributed by atoms with Crippen molar-refractivity contribution in [1.82, 2.24) is 10.6 Å². The Kier molecular flexibility index (Phi) is 4.83. The van der Waals surface area contributed by atoms with Gasteiger partial charge in [-0.1, -0.05) is 24.3 Å². The summed E-state index contributed by atoms with van der Waals surface area (Å²) in [7, 11) is 1.39. The van der Waals surface area contributed by atoms with E-state index in [0.29, 0.717) is 5.56 Å². The summed E-state index contributed by atoms with van der Waals surface area (Å²) >= 11 is 0. The molecule has 114 valence electrons. The Bertz CT molecular complexity index is 690. The molecule has 0 aliphatic rings. The topological polar surface area (TPSA) is 58.2 Å². The lowest BCUT2D eigenvalue weighted by Gasteiger charge is -2.18. The predicted octanol–water partition coefficient (Wildman–Crippen LogP) is 2.18. The highest BCUT2D eigenvalue weighted by Crippen LogP contribution is 2.17. The maximum absolute atomic E-state index is 13.3. The Labute approximate surface area is 126 Å². The first-order valence-electron chi connectivity index (χ1n) is 6.55. The number of hydrogen-bond acceptors (Lipinski definition) is 2. The van der Waals surface area contributed by atoms with Crippen molar-refractivity contribution < 1.29 is 18.4 Å². The summed E-state index contributed by atoms with van der Waals surface area (Å²) in [5.74, 6) is -3.12. The number of halogens is 2. The van der Waals surface area contributed by atoms with Crippen LogP contribution in [-0.2, 0) is 4.79 Å². The maximum atomic E-state index is 13.3. The zero-order chi connectivity index (χ0) is 16.1. The van der Waals surface area contributed by atoms with Gasteiger partial charge in [0.1, 0.15) is 6.04 Å². The molecule has 0 fully saturated rings. The van der Waals surface area contributed by atoms with E-state index < -0.39 is 29.5 Å². The average molecular weight is 304 g/mol. The van der Waals surface area contributed by atoms with Crippen LogP contribution >= 0.6 is 0 Å². The Morgan fingerprint density at radius 2 is 1.68 bits per heavy atom. The fourth-order valence-electron chi connectivity index (χ4n) is 1.94. The molecule has 4 nitrogen and oxygen atoms in total. The van der Waals surface area contributed by atoms with Crippen molar-refractivity contribution in [3.63, 3.8) is 0 Å². The van der Waals surface area contributed by atoms with Crippen molar-refractivity contribution in [3.8, 4) is 0 Å². The van der Waals surface area contributed by atoms with Gasteiger partial charge in [0.15, 0.2) is 11.6 Å². The Hall–Kier alpha value is -2.76. The third kappa shape index (κ3) is 3.46. The zero-order valence-corrected chi connectivity index (χ0v) is 11.8. The molecule has 2 amide bonds. The van der Waals surface area contributed by atoms with Gasteiger partial charge in [0, 0.05) is 12.6 Å². The van der Waals surface area contributed by atoms with Gasteiger partial charge in [0.2, 0.25) is 5.91 Å². The fraction of sp³-hybridized carbons (Fsp3) is 0.125. The van der Waals surface area contributed by atoms with Gasteiger partial charge in [-0.15, -0.1) is 0 Å². The largest absolute Gasteiger partial charge is 0.357 e. The van der Waals surface area contributed by atoms with Gasteiger partial charge in [0.05, 0.1) is 0 Å². The van der Waals surface area contributed by atoms with Crippen LogP contribution < -0.4 is 10.6 Å². The van der Waals surface area contributed by atoms with Crippen LogP contribution in [0.4, 0.5) is 8.78 Å². The van der Waals surface area contributed by atoms with E-state index in [-0.39, 0.29) is 5.56 Å². The summed E-state index contributed by atoms with van der Waals surface area (Å²) in [4.78, 5) is 24.1. The van der Waals surface area contributed by atoms with Crippen molar-refractivity contribution in [2.45, 2.75) is 6.04 Å². The molecule has 2 aromatic carbocycles. The monoisotopic (exact) mass is 304 g/mol. The summed E-state index contributed by atoms with van der Waals surface area (Å²) in [6.45, 7) is 0. The van der Waals surface area contributed by atoms with E-state index in [0.717, 1.165) is 12.1 Å². The first-order chi connectivity index (χ1) is 10.5. The summed E-state index contributed by atoms with van der Waals surface area (Å²) in [5.41, 5.74) is 0.515. The SMILES string of the molecule is CNC(=O)[C@@H](NC(=O)c1ccccc1)c1ccc(F)c(F)c1. The Balaban J connectivity index is 2.29. The second-order valence-corrected chi connectivity index (χ2v) is 4.56. The van der Waals surface area contributed by atoms with E-state index in [2.05, 4.69) is 10.6 Å². The van der Waals surface area contributed by atoms with Gasteiger partial charge in [-0.2, -0.15) is 0 Å². The molecule has 0 aliphatic heterocycles. The average Bonchev–Trinajstić information content (AvgIpc) is 2.55. The second-order valence-electron chi connectivity index (χ2n) is 4.56. The third-order valence-corrected chi connectivity index (χ3v) is 3.10. The normalized spacial score (nSPS) is 11.6. The third-order valence-electron chi connectivity index (χ3n) is 3.10. The highest BCUT2D eigenvalue weighted by Gasteiger charge is 2.23. The molecule has 2 N–H and O–H groups in total. The molecule has 0 bridgehead atoms. The van der Waals surface area contributed by atoms with Crippen LogP contribution in [0.5, 0.6) is 0 Å². The number of carbonyl (C=O) groups excluding carboxylic acids is 2. The minimum absolute atomic E-state index is 0.155. The fourth-order valence-corrected chi connectivity index (χ4v) is 1.94. The molecular formula is C16H14F2N2O2. The van der Waals surface area contributed by atoms with Crippen molar-refractivity contribution in [3.05, 3.63) is 71.3 Å². The molecular weight excluding hydrogens is 290 g/mol. The highest BCUT2D eigenvalue weighted by atomic mass is 19.2. The van der Waals surface area contributed by atoms with Crippen molar-refractivity contribution in [2.24, 2.45) is 0 Å². The molecule has 0 radical (unpaired) electrons. The van der Waals surface area contributed by atoms with E-state index in [1.165, 1.54) is 13.1 Å². The molecule has 0 aromatic heterocycles. The lowest BCUT2D eigenvalue weighted by atomic mass is 10.0. The highest BCUT2D eigenvalue weighted by molar-refractivity contribution is 5.97. The molecule has 1 atom stereocenters. The molecule has 22 heavy (non-hydrogen) atoms. The van der Waals surface area contributed by atoms with E-state index in [4.69, 9.17) is 0 Å². The molecule has 0 heterocycles. The lowest BCUT2D eigenvalue weighted by Crippen LogP contribution is -2.39. The molecule has 0 saturated heterocycles. The standard InChI is InChI=1S/C16H14F2N2O2/c1-19-16(22)14(11-7-8-12(17)13(18)9-11)20-15(21)10-5-3-2-4-6-10/h2-9,14H,1H3,(H,19,22)(H,20,21)/t14-/m0/s1. The summed E-state index contributed by atoms with van der Waals surface area (Å²) in [5, 5.41) is 4.89. The van der Waals surface area contributed by atoms with Gasteiger partial charge in [-0.05, 0) is 29.8 Å². The van der Waals surface area contributed by atoms with Gasteiger partial charge in [-0.25, -0.2) is 8.78 Å². The van der Waals surface area contributed by atoms with Crippen molar-refractivity contribution in [1.29, 1.82) is 0 Å². The summed E-state index contributed by atoms with van der Waals surface area (Å²) < 4.78 is 26.4. The lowest BCUT2D eigenvalue weighted by molar-refractivity contribution is -0.122. The first kappa shape index (κ1) is 15.6. The molecule has 6 heteroatoms. The number of nitrogens with one attached hydrogen (secondary N) is 2. The molecule has 0 unspecified atom stereocenters. The van der Waals surface area contributed by atoms with E-state index in [9.17, 15) is 18.4 Å². The molecule has 2 aromatic rings. The van der Waals surface area contributed by atoms with Crippen LogP contribution in [0.15, 0.2) is 48.5 Å². The van der Waals surface area contributed by atoms with E-state index in [1.807, 2.05) is 0 Å². The summed E-state index contributed by atoms with van der Waals surface area (Å²) in [6.07, 6.45) is 0. The van der Waals surface area contributed by atoms with Crippen molar-refractivity contribution >= 4 is 11.8 Å². The Morgan fingerprint density at radius 3 is 2.27 bits per heavy atom. The minimum Gasteiger partial charge on any atom is -0.357 e. The quantitative estimate of drug-likeness (QED) is 0.909. The molecule has 0 spiro atoms. The van der Waals surface area contributed by atoms with Gasteiger partial charge in [0.25, 0.3) is 5.91 Å². The number of benzene rings is 2. The minimum atomic E-state index is -1.12. The van der Waals surface area contributed by atoms with Crippen LogP contribution in [0, 0.1) is 11.6 Å². The van der Waals surface area contributed by atoms with Gasteiger partial charge >= 0.3 is 0 Å². The van der Waals surface area contributed by atoms with Crippen LogP contribution in [-0.4, -0.2) is 18.9 Å². The summed E-state index contributed by atoms with van der Waals surface area (Å²) in [6, 6.07) is 10.2. The maximum Gasteiger partial charge on any atom is 0.252 e. The number of amides is 2. The van der Waals surface area contributed by atoms with Crippen LogP contribution in [0.2, 0.25) is 0 Å². The van der Waals surface area contributed by atoms with Crippen molar-refractivity contribution in [2.75, 3.05) is 7.05 Å². The van der Waals surface area contributed by atoms with E-state index >= 15 is 0 Å². The number of carbonyl (C=O) groups is 2. The van der Waals surface area contributed by atoms with E-state index in [1.54, 1.807) is 30.3 Å². The van der Waals surface area contributed by atoms with Crippen LogP contribution in [0.1, 0.15) is 22.0 Å². The molecule has 0 saturated carbocycles. The second kappa shape index (κ2) is 6.80. The number of hydrogen-bond donors (Lipinski definition) is 2. The predicted molar refractivity (Wildman–Crippen MR) is 77.1 cm³/mol. The zero-order valence-electron chi connectivity index (χ0n) is 11.8. The number of likely N-dealkylation sites (N-methyl/N-ethyl adjacent to an activating group) is 1. The Morgan fingerprint density at radius 1 is 1.00 bits per heavy atom. The first-order valence-corrected chi connectivity index (χ1v) is 6.55. The molecule has 2 rings (SSSR count).